The van der Waals surface area contributed by atoms with Crippen molar-refractivity contribution in [3.8, 4) is 0 Å². The number of rotatable bonds is 2. The predicted octanol–water partition coefficient (Wildman–Crippen LogP) is 7.95. The molecule has 5 aliphatic rings. The Bertz CT molecular complexity index is 730. The SMILES string of the molecule is C1=CC(C(C=C2SC3=C(SCCS3)S2)=C2SC3=C(SCCS3)S2)C=C1. The van der Waals surface area contributed by atoms with Gasteiger partial charge in [-0.15, -0.1) is 47.0 Å². The van der Waals surface area contributed by atoms with Gasteiger partial charge in [0.05, 0.1) is 25.4 Å². The molecule has 0 atom stereocenters. The highest BCUT2D eigenvalue weighted by Crippen LogP contribution is 2.63. The van der Waals surface area contributed by atoms with Crippen LogP contribution in [-0.4, -0.2) is 23.0 Å². The summed E-state index contributed by atoms with van der Waals surface area (Å²) in [5.41, 5.74) is 1.49. The average Bonchev–Trinajstić information content (AvgIpc) is 3.37. The van der Waals surface area contributed by atoms with Crippen molar-refractivity contribution in [2.45, 2.75) is 0 Å². The smallest absolute Gasteiger partial charge is 0.0660 e. The Morgan fingerprint density at radius 3 is 1.72 bits per heavy atom. The van der Waals surface area contributed by atoms with Crippen molar-refractivity contribution in [3.05, 3.63) is 61.4 Å². The molecule has 0 saturated carbocycles. The van der Waals surface area contributed by atoms with Gasteiger partial charge in [-0.3, -0.25) is 0 Å². The lowest BCUT2D eigenvalue weighted by Gasteiger charge is -2.12. The molecule has 4 aliphatic heterocycles. The molecule has 130 valence electrons. The molecular weight excluding hydrogens is 461 g/mol. The third kappa shape index (κ3) is 4.02. The van der Waals surface area contributed by atoms with E-state index in [9.17, 15) is 0 Å². The minimum Gasteiger partial charge on any atom is -0.116 e. The third-order valence-electron chi connectivity index (χ3n) is 3.81. The van der Waals surface area contributed by atoms with Crippen LogP contribution in [0.3, 0.4) is 0 Å². The lowest BCUT2D eigenvalue weighted by molar-refractivity contribution is 1.03. The van der Waals surface area contributed by atoms with Crippen LogP contribution in [0.25, 0.3) is 0 Å². The highest BCUT2D eigenvalue weighted by atomic mass is 32.3. The molecule has 25 heavy (non-hydrogen) atoms. The summed E-state index contributed by atoms with van der Waals surface area (Å²) in [7, 11) is 0. The van der Waals surface area contributed by atoms with Gasteiger partial charge in [-0.2, -0.15) is 0 Å². The Hall–Kier alpha value is 1.24. The van der Waals surface area contributed by atoms with Gasteiger partial charge in [-0.1, -0.05) is 71.4 Å². The quantitative estimate of drug-likeness (QED) is 0.390. The lowest BCUT2D eigenvalue weighted by Crippen LogP contribution is -1.95. The number of thioether (sulfide) groups is 8. The van der Waals surface area contributed by atoms with E-state index in [2.05, 4.69) is 30.4 Å². The number of hydrogen-bond acceptors (Lipinski definition) is 8. The summed E-state index contributed by atoms with van der Waals surface area (Å²) in [6.07, 6.45) is 11.5. The summed E-state index contributed by atoms with van der Waals surface area (Å²) in [4.78, 5) is 0. The number of hydrogen-bond donors (Lipinski definition) is 0. The molecule has 8 heteroatoms. The molecule has 0 aromatic rings. The molecule has 0 spiro atoms. The van der Waals surface area contributed by atoms with E-state index in [1.54, 1.807) is 0 Å². The third-order valence-corrected chi connectivity index (χ3v) is 15.3. The van der Waals surface area contributed by atoms with Crippen LogP contribution >= 0.6 is 94.1 Å². The van der Waals surface area contributed by atoms with E-state index in [4.69, 9.17) is 0 Å². The molecule has 0 N–H and O–H groups in total. The Kier molecular flexibility index (Phi) is 6.08. The molecule has 0 nitrogen and oxygen atoms in total. The van der Waals surface area contributed by atoms with E-state index < -0.39 is 0 Å². The molecule has 0 bridgehead atoms. The molecule has 0 fully saturated rings. The summed E-state index contributed by atoms with van der Waals surface area (Å²) in [5.74, 6) is 5.44. The van der Waals surface area contributed by atoms with Crippen molar-refractivity contribution >= 4 is 94.1 Å². The summed E-state index contributed by atoms with van der Waals surface area (Å²) < 4.78 is 9.08. The van der Waals surface area contributed by atoms with Crippen molar-refractivity contribution < 1.29 is 0 Å². The van der Waals surface area contributed by atoms with Crippen LogP contribution in [0.4, 0.5) is 0 Å². The van der Waals surface area contributed by atoms with Crippen LogP contribution in [-0.2, 0) is 0 Å². The van der Waals surface area contributed by atoms with E-state index >= 15 is 0 Å². The van der Waals surface area contributed by atoms with Gasteiger partial charge in [0.1, 0.15) is 0 Å². The molecule has 1 aliphatic carbocycles. The second-order valence-electron chi connectivity index (χ2n) is 5.45. The van der Waals surface area contributed by atoms with Crippen molar-refractivity contribution in [1.82, 2.24) is 0 Å². The van der Waals surface area contributed by atoms with E-state index in [1.807, 2.05) is 94.1 Å². The van der Waals surface area contributed by atoms with Crippen molar-refractivity contribution in [2.75, 3.05) is 23.0 Å². The second-order valence-corrected chi connectivity index (χ2v) is 15.6. The van der Waals surface area contributed by atoms with E-state index in [0.717, 1.165) is 0 Å². The molecule has 0 saturated heterocycles. The van der Waals surface area contributed by atoms with Crippen LogP contribution in [0.2, 0.25) is 0 Å². The maximum Gasteiger partial charge on any atom is 0.0660 e. The predicted molar refractivity (Wildman–Crippen MR) is 131 cm³/mol. The van der Waals surface area contributed by atoms with Gasteiger partial charge in [-0.25, -0.2) is 0 Å². The second kappa shape index (κ2) is 8.31. The zero-order valence-corrected chi connectivity index (χ0v) is 19.6. The molecule has 4 heterocycles. The fourth-order valence-corrected chi connectivity index (χ4v) is 14.6. The molecule has 0 aromatic carbocycles. The van der Waals surface area contributed by atoms with Gasteiger partial charge >= 0.3 is 0 Å². The minimum absolute atomic E-state index is 0.429. The largest absolute Gasteiger partial charge is 0.116 e. The molecule has 0 unspecified atom stereocenters. The minimum atomic E-state index is 0.429. The first kappa shape index (κ1) is 18.3. The van der Waals surface area contributed by atoms with Crippen LogP contribution in [0.15, 0.2) is 61.4 Å². The van der Waals surface area contributed by atoms with Crippen molar-refractivity contribution in [2.24, 2.45) is 5.92 Å². The van der Waals surface area contributed by atoms with Crippen molar-refractivity contribution in [1.29, 1.82) is 0 Å². The fourth-order valence-electron chi connectivity index (χ4n) is 2.68. The molecular formula is C17H14S8. The maximum absolute atomic E-state index is 2.47. The van der Waals surface area contributed by atoms with Gasteiger partial charge in [0.25, 0.3) is 0 Å². The zero-order chi connectivity index (χ0) is 16.6. The van der Waals surface area contributed by atoms with Gasteiger partial charge in [0.15, 0.2) is 0 Å². The van der Waals surface area contributed by atoms with Gasteiger partial charge in [0.2, 0.25) is 0 Å². The van der Waals surface area contributed by atoms with Crippen molar-refractivity contribution in [3.63, 3.8) is 0 Å². The monoisotopic (exact) mass is 474 g/mol. The van der Waals surface area contributed by atoms with Gasteiger partial charge < -0.3 is 0 Å². The first-order valence-corrected chi connectivity index (χ1v) is 15.1. The molecule has 0 radical (unpaired) electrons. The standard InChI is InChI=1S/C17H14S8/c1-2-4-10(3-1)11(13-24-16-17(25-13)21-8-7-20-16)9-12-22-14-15(23-12)19-6-5-18-14/h1-4,9-10H,5-8H2. The average molecular weight is 475 g/mol. The van der Waals surface area contributed by atoms with Crippen LogP contribution in [0, 0.1) is 5.92 Å². The summed E-state index contributed by atoms with van der Waals surface area (Å²) >= 11 is 16.1. The molecule has 0 aromatic heterocycles. The Balaban J connectivity index is 1.44. The zero-order valence-electron chi connectivity index (χ0n) is 13.1. The van der Waals surface area contributed by atoms with E-state index in [1.165, 1.54) is 54.0 Å². The normalized spacial score (nSPS) is 25.9. The summed E-state index contributed by atoms with van der Waals surface area (Å²) in [5, 5.41) is 0. The van der Waals surface area contributed by atoms with Gasteiger partial charge in [-0.05, 0) is 11.6 Å². The van der Waals surface area contributed by atoms with Crippen LogP contribution in [0.1, 0.15) is 0 Å². The first-order valence-electron chi connectivity index (χ1n) is 7.89. The summed E-state index contributed by atoms with van der Waals surface area (Å²) in [6.45, 7) is 0. The van der Waals surface area contributed by atoms with E-state index in [0.29, 0.717) is 5.92 Å². The molecule has 5 rings (SSSR count). The van der Waals surface area contributed by atoms with Gasteiger partial charge in [0, 0.05) is 28.9 Å². The van der Waals surface area contributed by atoms with Crippen LogP contribution < -0.4 is 0 Å². The summed E-state index contributed by atoms with van der Waals surface area (Å²) in [6, 6.07) is 0. The fraction of sp³-hybridized carbons (Fsp3) is 0.294. The van der Waals surface area contributed by atoms with E-state index in [-0.39, 0.29) is 0 Å². The first-order chi connectivity index (χ1) is 12.4. The number of allylic oxidation sites excluding steroid dienone is 6. The Labute approximate surface area is 182 Å². The highest BCUT2D eigenvalue weighted by Gasteiger charge is 2.30. The Morgan fingerprint density at radius 2 is 1.20 bits per heavy atom. The highest BCUT2D eigenvalue weighted by molar-refractivity contribution is 8.42. The topological polar surface area (TPSA) is 0 Å². The Morgan fingerprint density at radius 1 is 0.720 bits per heavy atom. The van der Waals surface area contributed by atoms with Crippen LogP contribution in [0.5, 0.6) is 0 Å². The molecule has 0 amide bonds. The lowest BCUT2D eigenvalue weighted by atomic mass is 10.0. The maximum atomic E-state index is 2.47.